The molecular formula is C28H16N6O6. The Morgan fingerprint density at radius 2 is 0.975 bits per heavy atom. The Morgan fingerprint density at radius 1 is 0.550 bits per heavy atom. The first-order valence-corrected chi connectivity index (χ1v) is 11.7. The van der Waals surface area contributed by atoms with E-state index in [1.807, 2.05) is 0 Å². The van der Waals surface area contributed by atoms with Crippen LogP contribution in [0.2, 0.25) is 0 Å². The number of hydrogen-bond donors (Lipinski definition) is 4. The van der Waals surface area contributed by atoms with Crippen LogP contribution in [0.4, 0.5) is 11.6 Å². The van der Waals surface area contributed by atoms with Crippen LogP contribution in [0.15, 0.2) is 77.8 Å². The molecule has 0 saturated carbocycles. The minimum absolute atomic E-state index is 0.108. The molecule has 0 spiro atoms. The summed E-state index contributed by atoms with van der Waals surface area (Å²) < 4.78 is 0. The number of hydrogen-bond acceptors (Lipinski definition) is 9. The molecule has 3 heterocycles. The highest BCUT2D eigenvalue weighted by Gasteiger charge is 2.23. The zero-order chi connectivity index (χ0) is 28.0. The molecule has 12 heteroatoms. The number of amidine groups is 1. The van der Waals surface area contributed by atoms with Gasteiger partial charge < -0.3 is 20.6 Å². The summed E-state index contributed by atoms with van der Waals surface area (Å²) in [6.07, 6.45) is 0. The number of carbonyl (C=O) groups is 3. The molecule has 3 aromatic carbocycles. The van der Waals surface area contributed by atoms with Gasteiger partial charge in [0.25, 0.3) is 0 Å². The molecule has 0 aliphatic carbocycles. The van der Waals surface area contributed by atoms with Crippen LogP contribution in [0, 0.1) is 0 Å². The number of nitrogens with zero attached hydrogens (tertiary/aromatic N) is 5. The Hall–Kier alpha value is -6.04. The Bertz CT molecular complexity index is 1880. The monoisotopic (exact) mass is 532 g/mol. The molecule has 0 atom stereocenters. The lowest BCUT2D eigenvalue weighted by molar-refractivity contribution is 0.0686. The molecule has 6 rings (SSSR count). The molecule has 4 N–H and O–H groups in total. The third kappa shape index (κ3) is 4.35. The molecular weight excluding hydrogens is 516 g/mol. The quantitative estimate of drug-likeness (QED) is 0.243. The Balaban J connectivity index is 1.52. The van der Waals surface area contributed by atoms with Crippen LogP contribution < -0.4 is 5.32 Å². The van der Waals surface area contributed by atoms with Crippen molar-refractivity contribution in [2.24, 2.45) is 4.99 Å². The van der Waals surface area contributed by atoms with Crippen molar-refractivity contribution in [3.05, 3.63) is 95.1 Å². The average molecular weight is 532 g/mol. The van der Waals surface area contributed by atoms with Crippen LogP contribution in [-0.4, -0.2) is 59.0 Å². The van der Waals surface area contributed by atoms with E-state index in [2.05, 4.69) is 30.2 Å². The summed E-state index contributed by atoms with van der Waals surface area (Å²) in [6.45, 7) is 0. The van der Waals surface area contributed by atoms with Crippen molar-refractivity contribution < 1.29 is 29.7 Å². The first kappa shape index (κ1) is 24.3. The van der Waals surface area contributed by atoms with Gasteiger partial charge in [0.1, 0.15) is 17.0 Å². The second-order valence-corrected chi connectivity index (χ2v) is 8.70. The number of rotatable bonds is 6. The SMILES string of the molecule is O=C(O)c1ccc(C2=Nc3nc(-c4ccc(C(=O)O)cc4)nc4nc(-c5ccc(C(=O)O)cc5)nc(c34)N2)cc1. The summed E-state index contributed by atoms with van der Waals surface area (Å²) in [5.41, 5.74) is 2.27. The van der Waals surface area contributed by atoms with Gasteiger partial charge in [0.2, 0.25) is 0 Å². The molecule has 1 aliphatic rings. The zero-order valence-corrected chi connectivity index (χ0v) is 20.2. The first-order valence-electron chi connectivity index (χ1n) is 11.7. The van der Waals surface area contributed by atoms with Gasteiger partial charge in [-0.3, -0.25) is 0 Å². The molecule has 0 saturated heterocycles. The third-order valence-corrected chi connectivity index (χ3v) is 6.18. The number of aliphatic imine (C=N–C) groups is 1. The van der Waals surface area contributed by atoms with Crippen LogP contribution in [0.1, 0.15) is 36.6 Å². The fourth-order valence-electron chi connectivity index (χ4n) is 4.12. The maximum Gasteiger partial charge on any atom is 0.335 e. The van der Waals surface area contributed by atoms with Crippen LogP contribution >= 0.6 is 0 Å². The molecule has 0 radical (unpaired) electrons. The second kappa shape index (κ2) is 9.36. The van der Waals surface area contributed by atoms with Crippen molar-refractivity contribution in [1.82, 2.24) is 19.9 Å². The molecule has 0 unspecified atom stereocenters. The second-order valence-electron chi connectivity index (χ2n) is 8.70. The lowest BCUT2D eigenvalue weighted by Crippen LogP contribution is -2.19. The van der Waals surface area contributed by atoms with E-state index in [0.29, 0.717) is 33.7 Å². The van der Waals surface area contributed by atoms with Gasteiger partial charge in [-0.25, -0.2) is 39.3 Å². The van der Waals surface area contributed by atoms with Crippen molar-refractivity contribution >= 4 is 46.4 Å². The summed E-state index contributed by atoms with van der Waals surface area (Å²) in [6, 6.07) is 18.3. The molecule has 12 nitrogen and oxygen atoms in total. The highest BCUT2D eigenvalue weighted by molar-refractivity contribution is 6.17. The van der Waals surface area contributed by atoms with Crippen molar-refractivity contribution in [2.45, 2.75) is 0 Å². The summed E-state index contributed by atoms with van der Waals surface area (Å²) in [7, 11) is 0. The first-order chi connectivity index (χ1) is 19.3. The summed E-state index contributed by atoms with van der Waals surface area (Å²) >= 11 is 0. The van der Waals surface area contributed by atoms with Gasteiger partial charge in [0.05, 0.1) is 16.7 Å². The largest absolute Gasteiger partial charge is 0.478 e. The average Bonchev–Trinajstić information content (AvgIpc) is 2.97. The van der Waals surface area contributed by atoms with Crippen molar-refractivity contribution in [2.75, 3.05) is 5.32 Å². The molecule has 0 bridgehead atoms. The Labute approximate surface area is 224 Å². The minimum Gasteiger partial charge on any atom is -0.478 e. The van der Waals surface area contributed by atoms with Crippen molar-refractivity contribution in [3.63, 3.8) is 0 Å². The number of carboxylic acids is 3. The zero-order valence-electron chi connectivity index (χ0n) is 20.2. The summed E-state index contributed by atoms with van der Waals surface area (Å²) in [5, 5.41) is 31.3. The molecule has 2 aromatic heterocycles. The highest BCUT2D eigenvalue weighted by atomic mass is 16.4. The minimum atomic E-state index is -1.06. The number of benzene rings is 3. The standard InChI is InChI=1S/C28H16N6O6/c35-26(36)16-7-1-13(2-8-16)20-29-23-19-24(30-20)32-22(15-5-11-18(12-6-15)28(39)40)34-25(19)33-21(31-23)14-3-9-17(10-4-14)27(37)38/h1-12H,(H,35,36)(H,37,38)(H,39,40)(H,29,30,31,32,33,34). The topological polar surface area (TPSA) is 188 Å². The van der Waals surface area contributed by atoms with E-state index in [0.717, 1.165) is 0 Å². The summed E-state index contributed by atoms with van der Waals surface area (Å²) in [5.74, 6) is -1.67. The fraction of sp³-hybridized carbons (Fsp3) is 0. The molecule has 1 aliphatic heterocycles. The van der Waals surface area contributed by atoms with Gasteiger partial charge in [-0.05, 0) is 36.4 Å². The predicted octanol–water partition coefficient (Wildman–Crippen LogP) is 4.35. The Kier molecular flexibility index (Phi) is 5.69. The number of aromatic nitrogens is 4. The van der Waals surface area contributed by atoms with Gasteiger partial charge in [-0.15, -0.1) is 0 Å². The van der Waals surface area contributed by atoms with Crippen LogP contribution in [0.25, 0.3) is 33.8 Å². The number of anilines is 1. The van der Waals surface area contributed by atoms with Crippen molar-refractivity contribution in [3.8, 4) is 22.8 Å². The smallest absolute Gasteiger partial charge is 0.335 e. The van der Waals surface area contributed by atoms with E-state index in [9.17, 15) is 29.7 Å². The maximum atomic E-state index is 11.3. The van der Waals surface area contributed by atoms with E-state index in [1.54, 1.807) is 36.4 Å². The van der Waals surface area contributed by atoms with Gasteiger partial charge in [-0.1, -0.05) is 36.4 Å². The Morgan fingerprint density at radius 3 is 1.43 bits per heavy atom. The maximum absolute atomic E-state index is 11.3. The lowest BCUT2D eigenvalue weighted by atomic mass is 10.1. The van der Waals surface area contributed by atoms with E-state index in [-0.39, 0.29) is 39.8 Å². The number of carboxylic acid groups (broad SMARTS) is 3. The molecule has 40 heavy (non-hydrogen) atoms. The van der Waals surface area contributed by atoms with Gasteiger partial charge in [0, 0.05) is 16.7 Å². The van der Waals surface area contributed by atoms with Crippen LogP contribution in [-0.2, 0) is 0 Å². The van der Waals surface area contributed by atoms with E-state index < -0.39 is 17.9 Å². The predicted molar refractivity (Wildman–Crippen MR) is 143 cm³/mol. The molecule has 194 valence electrons. The van der Waals surface area contributed by atoms with Gasteiger partial charge in [-0.2, -0.15) is 0 Å². The molecule has 0 amide bonds. The van der Waals surface area contributed by atoms with Crippen molar-refractivity contribution in [1.29, 1.82) is 0 Å². The highest BCUT2D eigenvalue weighted by Crippen LogP contribution is 2.36. The lowest BCUT2D eigenvalue weighted by Gasteiger charge is -2.19. The van der Waals surface area contributed by atoms with Crippen LogP contribution in [0.5, 0.6) is 0 Å². The van der Waals surface area contributed by atoms with E-state index >= 15 is 0 Å². The van der Waals surface area contributed by atoms with Gasteiger partial charge >= 0.3 is 17.9 Å². The number of aromatic carboxylic acids is 3. The third-order valence-electron chi connectivity index (χ3n) is 6.18. The molecule has 5 aromatic rings. The summed E-state index contributed by atoms with van der Waals surface area (Å²) in [4.78, 5) is 57.0. The van der Waals surface area contributed by atoms with Gasteiger partial charge in [0.15, 0.2) is 23.1 Å². The van der Waals surface area contributed by atoms with Crippen LogP contribution in [0.3, 0.4) is 0 Å². The molecule has 0 fully saturated rings. The fourth-order valence-corrected chi connectivity index (χ4v) is 4.12. The van der Waals surface area contributed by atoms with E-state index in [4.69, 9.17) is 0 Å². The normalized spacial score (nSPS) is 11.9. The van der Waals surface area contributed by atoms with E-state index in [1.165, 1.54) is 36.4 Å². The number of nitrogens with one attached hydrogen (secondary N) is 1.